The van der Waals surface area contributed by atoms with Crippen LogP contribution in [0.5, 0.6) is 0 Å². The van der Waals surface area contributed by atoms with Gasteiger partial charge in [0.1, 0.15) is 0 Å². The molecule has 0 spiro atoms. The summed E-state index contributed by atoms with van der Waals surface area (Å²) >= 11 is 7.43. The monoisotopic (exact) mass is 430 g/mol. The lowest BCUT2D eigenvalue weighted by Gasteiger charge is -2.29. The molecule has 2 N–H and O–H groups in total. The van der Waals surface area contributed by atoms with E-state index in [-0.39, 0.29) is 11.5 Å². The number of halogens is 1. The van der Waals surface area contributed by atoms with Crippen LogP contribution in [0.2, 0.25) is 5.02 Å². The van der Waals surface area contributed by atoms with Crippen LogP contribution >= 0.6 is 22.9 Å². The number of amides is 1. The number of morpholine rings is 1. The molecule has 0 aliphatic carbocycles. The number of nitrogens with zero attached hydrogens (tertiary/aromatic N) is 1. The number of carbonyl (C=O) groups is 1. The smallest absolute Gasteiger partial charge is 0.279 e. The fourth-order valence-corrected chi connectivity index (χ4v) is 5.25. The number of rotatable bonds is 6. The van der Waals surface area contributed by atoms with Crippen molar-refractivity contribution in [2.75, 3.05) is 24.4 Å². The van der Waals surface area contributed by atoms with Gasteiger partial charge < -0.3 is 14.7 Å². The maximum atomic E-state index is 12.7. The number of hydrogen-bond donors (Lipinski definition) is 2. The van der Waals surface area contributed by atoms with Gasteiger partial charge in [0, 0.05) is 29.4 Å². The lowest BCUT2D eigenvalue weighted by atomic mass is 10.2. The Morgan fingerprint density at radius 1 is 1.41 bits per heavy atom. The molecule has 1 fully saturated rings. The number of hydrogen-bond acceptors (Lipinski definition) is 6. The molecule has 1 unspecified atom stereocenters. The summed E-state index contributed by atoms with van der Waals surface area (Å²) in [4.78, 5) is 14.3. The van der Waals surface area contributed by atoms with E-state index >= 15 is 0 Å². The van der Waals surface area contributed by atoms with Crippen molar-refractivity contribution in [3.05, 3.63) is 45.1 Å². The number of benzene rings is 1. The van der Waals surface area contributed by atoms with Crippen molar-refractivity contribution < 1.29 is 23.1 Å². The quantitative estimate of drug-likeness (QED) is 0.732. The second-order valence-electron chi connectivity index (χ2n) is 6.02. The van der Waals surface area contributed by atoms with Gasteiger partial charge in [0.25, 0.3) is 15.9 Å². The maximum absolute atomic E-state index is 12.7. The van der Waals surface area contributed by atoms with Crippen LogP contribution in [0.25, 0.3) is 0 Å². The summed E-state index contributed by atoms with van der Waals surface area (Å²) in [5.41, 5.74) is 0.956. The number of aliphatic hydroxyl groups excluding tert-OH is 1. The fraction of sp³-hybridized carbons (Fsp3) is 0.353. The van der Waals surface area contributed by atoms with E-state index in [1.54, 1.807) is 30.5 Å². The number of aliphatic hydroxyl groups is 1. The normalized spacial score (nSPS) is 18.0. The lowest BCUT2D eigenvalue weighted by molar-refractivity contribution is -0.183. The van der Waals surface area contributed by atoms with Crippen molar-refractivity contribution in [3.8, 4) is 0 Å². The highest BCUT2D eigenvalue weighted by atomic mass is 35.5. The predicted molar refractivity (Wildman–Crippen MR) is 104 cm³/mol. The van der Waals surface area contributed by atoms with Crippen LogP contribution in [0.1, 0.15) is 10.4 Å². The molecule has 27 heavy (non-hydrogen) atoms. The molecule has 7 nitrogen and oxygen atoms in total. The zero-order valence-corrected chi connectivity index (χ0v) is 16.9. The van der Waals surface area contributed by atoms with Crippen LogP contribution in [0.15, 0.2) is 34.5 Å². The third-order valence-electron chi connectivity index (χ3n) is 4.27. The van der Waals surface area contributed by atoms with E-state index < -0.39 is 22.2 Å². The Morgan fingerprint density at radius 2 is 2.19 bits per heavy atom. The minimum absolute atomic E-state index is 0.124. The number of thiophene rings is 1. The van der Waals surface area contributed by atoms with Gasteiger partial charge in [-0.25, -0.2) is 8.42 Å². The first kappa shape index (κ1) is 20.1. The molecule has 3 rings (SSSR count). The van der Waals surface area contributed by atoms with Crippen molar-refractivity contribution in [3.63, 3.8) is 0 Å². The Balaban J connectivity index is 1.73. The zero-order valence-electron chi connectivity index (χ0n) is 14.5. The Labute approximate surface area is 166 Å². The molecule has 10 heteroatoms. The average molecular weight is 431 g/mol. The summed E-state index contributed by atoms with van der Waals surface area (Å²) in [6, 6.07) is 6.42. The summed E-state index contributed by atoms with van der Waals surface area (Å²) < 4.78 is 33.0. The summed E-state index contributed by atoms with van der Waals surface area (Å²) in [7, 11) is -3.79. The highest BCUT2D eigenvalue weighted by molar-refractivity contribution is 7.92. The standard InChI is InChI=1S/C17H19ClN2O5S2/c1-11-12(18)3-2-4-15(11)27(23,24)19-13-6-10-26-14(13)5-7-20-8-9-25-17(22)16(20)21/h2-4,6,10,17,19,22H,5,7-9H2,1H3. The molecule has 0 radical (unpaired) electrons. The number of nitrogens with one attached hydrogen (secondary N) is 1. The molecule has 1 aliphatic heterocycles. The second kappa shape index (κ2) is 8.15. The van der Waals surface area contributed by atoms with Crippen LogP contribution in [0, 0.1) is 6.92 Å². The molecule has 1 aromatic carbocycles. The first-order valence-electron chi connectivity index (χ1n) is 8.22. The molecule has 1 saturated heterocycles. The number of anilines is 1. The summed E-state index contributed by atoms with van der Waals surface area (Å²) in [5.74, 6) is -0.477. The predicted octanol–water partition coefficient (Wildman–Crippen LogP) is 2.23. The molecule has 1 aliphatic rings. The van der Waals surface area contributed by atoms with Gasteiger partial charge in [-0.15, -0.1) is 11.3 Å². The zero-order chi connectivity index (χ0) is 19.6. The van der Waals surface area contributed by atoms with Crippen molar-refractivity contribution in [1.29, 1.82) is 0 Å². The largest absolute Gasteiger partial charge is 0.361 e. The average Bonchev–Trinajstić information content (AvgIpc) is 3.05. The Hall–Kier alpha value is -1.65. The number of ether oxygens (including phenoxy) is 1. The highest BCUT2D eigenvalue weighted by Crippen LogP contribution is 2.29. The van der Waals surface area contributed by atoms with Gasteiger partial charge in [-0.1, -0.05) is 17.7 Å². The third-order valence-corrected chi connectivity index (χ3v) is 7.17. The topological polar surface area (TPSA) is 95.9 Å². The molecule has 2 aromatic rings. The first-order chi connectivity index (χ1) is 12.8. The molecular weight excluding hydrogens is 412 g/mol. The van der Waals surface area contributed by atoms with E-state index in [4.69, 9.17) is 16.3 Å². The van der Waals surface area contributed by atoms with Crippen molar-refractivity contribution in [1.82, 2.24) is 4.90 Å². The number of sulfonamides is 1. The van der Waals surface area contributed by atoms with Gasteiger partial charge in [-0.05, 0) is 36.1 Å². The minimum Gasteiger partial charge on any atom is -0.361 e. The van der Waals surface area contributed by atoms with Crippen LogP contribution in [0.4, 0.5) is 5.69 Å². The number of carbonyl (C=O) groups excluding carboxylic acids is 1. The maximum Gasteiger partial charge on any atom is 0.279 e. The lowest BCUT2D eigenvalue weighted by Crippen LogP contribution is -2.48. The minimum atomic E-state index is -3.79. The van der Waals surface area contributed by atoms with Gasteiger partial charge in [-0.2, -0.15) is 0 Å². The highest BCUT2D eigenvalue weighted by Gasteiger charge is 2.27. The van der Waals surface area contributed by atoms with Crippen molar-refractivity contribution >= 4 is 44.6 Å². The van der Waals surface area contributed by atoms with Crippen molar-refractivity contribution in [2.45, 2.75) is 24.5 Å². The SMILES string of the molecule is Cc1c(Cl)cccc1S(=O)(=O)Nc1ccsc1CCN1CCOC(O)C1=O. The molecule has 2 heterocycles. The Kier molecular flexibility index (Phi) is 6.07. The molecular formula is C17H19ClN2O5S2. The molecule has 1 aromatic heterocycles. The third kappa shape index (κ3) is 4.44. The van der Waals surface area contributed by atoms with Gasteiger partial charge >= 0.3 is 0 Å². The fourth-order valence-electron chi connectivity index (χ4n) is 2.77. The molecule has 146 valence electrons. The molecule has 0 saturated carbocycles. The van der Waals surface area contributed by atoms with E-state index in [0.29, 0.717) is 35.8 Å². The summed E-state index contributed by atoms with van der Waals surface area (Å²) in [5, 5.41) is 11.6. The van der Waals surface area contributed by atoms with E-state index in [1.807, 2.05) is 0 Å². The van der Waals surface area contributed by atoms with Crippen LogP contribution in [-0.4, -0.2) is 50.3 Å². The van der Waals surface area contributed by atoms with E-state index in [0.717, 1.165) is 4.88 Å². The molecule has 0 bridgehead atoms. The van der Waals surface area contributed by atoms with E-state index in [2.05, 4.69) is 4.72 Å². The van der Waals surface area contributed by atoms with E-state index in [1.165, 1.54) is 22.3 Å². The first-order valence-corrected chi connectivity index (χ1v) is 11.0. The van der Waals surface area contributed by atoms with E-state index in [9.17, 15) is 18.3 Å². The summed E-state index contributed by atoms with van der Waals surface area (Å²) in [6.07, 6.45) is -0.964. The van der Waals surface area contributed by atoms with Gasteiger partial charge in [0.15, 0.2) is 0 Å². The Morgan fingerprint density at radius 3 is 2.96 bits per heavy atom. The van der Waals surface area contributed by atoms with Gasteiger partial charge in [0.05, 0.1) is 17.2 Å². The molecule has 1 amide bonds. The van der Waals surface area contributed by atoms with Crippen LogP contribution in [0.3, 0.4) is 0 Å². The van der Waals surface area contributed by atoms with Crippen LogP contribution < -0.4 is 4.72 Å². The second-order valence-corrected chi connectivity index (χ2v) is 9.08. The van der Waals surface area contributed by atoms with Crippen molar-refractivity contribution in [2.24, 2.45) is 0 Å². The van der Waals surface area contributed by atoms with Crippen LogP contribution in [-0.2, 0) is 26.0 Å². The van der Waals surface area contributed by atoms with Gasteiger partial charge in [0.2, 0.25) is 6.29 Å². The summed E-state index contributed by atoms with van der Waals surface area (Å²) in [6.45, 7) is 2.68. The van der Waals surface area contributed by atoms with Gasteiger partial charge in [-0.3, -0.25) is 9.52 Å². The Bertz CT molecular complexity index is 945. The molecule has 1 atom stereocenters.